The van der Waals surface area contributed by atoms with E-state index in [0.717, 1.165) is 96.1 Å². The standard InChI is InChI=1S/C20H31NO2S.C19H30N2O2S.2C17H25NO2S.2C16H23NO2S/c1-2-3-4-5-8-11-24-17-12-15-13-19(22)23-20(15)14-16(17)21-10-7-6-9-18(20)21;1-3-20(4-2)9-10-24-16-11-14-12-18(22)23-19(14)13-15(16)21-8-6-5-7-17(19)21;1-11(2)10-21-14-7-12-8-16(19)20-17(12)9-13(14)18-6-4-3-5-15(17)18;1-2-3-8-21-14-9-12-10-16(19)20-17(12)11-13(14)18-7-5-4-6-15(17)18;1-10(2)20-13-7-11-8-15(18)19-16(11)9-12(13)17-6-4-3-5-14(16)17;1-2-7-20-13-8-11-9-15(18)19-16(11)10-12(13)17-6-4-3-5-14(16)17/h13,16-18H,2-12,14H2,1H3;12,15-17H,3-11,13H2,1-2H3;8,11,13-15H,3-7,9-10H2,1-2H3;10,13-15H,2-9,11H2,1H3;8,10,12-14H,3-7,9H2,1-2H3;9,12-14H,2-8,10H2,1H3/t16-,17?,18+,20-;15-,16?,17+,19-;2*13-,14?,15+,17-;2*12-,13?,14+,16-/m000000/s1. The minimum Gasteiger partial charge on any atom is -0.450 e. The number of rotatable bonds is 25. The first kappa shape index (κ1) is 96.0. The summed E-state index contributed by atoms with van der Waals surface area (Å²) < 4.78 is 35.5. The second kappa shape index (κ2) is 40.7. The Kier molecular flexibility index (Phi) is 30.1. The second-order valence-electron chi connectivity index (χ2n) is 43.7. The topological polar surface area (TPSA) is 180 Å². The third kappa shape index (κ3) is 18.0. The zero-order valence-corrected chi connectivity index (χ0v) is 85.2. The molecule has 0 aromatic rings. The Morgan fingerprint density at radius 3 is 0.854 bits per heavy atom. The quantitative estimate of drug-likeness (QED) is 0.0478. The fourth-order valence-corrected chi connectivity index (χ4v) is 38.7. The smallest absolute Gasteiger partial charge is 0.331 e. The van der Waals surface area contributed by atoms with Gasteiger partial charge in [-0.25, -0.2) is 28.8 Å². The average molecular weight is 1900 g/mol. The summed E-state index contributed by atoms with van der Waals surface area (Å²) in [7, 11) is 0. The van der Waals surface area contributed by atoms with Crippen molar-refractivity contribution in [2.75, 3.05) is 87.7 Å². The third-order valence-electron chi connectivity index (χ3n) is 35.6. The van der Waals surface area contributed by atoms with Crippen molar-refractivity contribution in [1.82, 2.24) is 34.3 Å². The molecule has 24 atom stereocenters. The first-order valence-corrected chi connectivity index (χ1v) is 58.9. The van der Waals surface area contributed by atoms with Crippen molar-refractivity contribution >= 4 is 106 Å². The van der Waals surface area contributed by atoms with Crippen LogP contribution < -0.4 is 0 Å². The van der Waals surface area contributed by atoms with Crippen LogP contribution in [0.2, 0.25) is 0 Å². The molecular formula is C105H157N7O12S6. The number of hydrogen-bond donors (Lipinski definition) is 0. The summed E-state index contributed by atoms with van der Waals surface area (Å²) in [5, 5.41) is 4.53. The van der Waals surface area contributed by atoms with Crippen molar-refractivity contribution in [3.05, 3.63) is 69.9 Å². The van der Waals surface area contributed by atoms with Crippen LogP contribution in [0.15, 0.2) is 69.9 Å². The van der Waals surface area contributed by atoms with Gasteiger partial charge in [0, 0.05) is 155 Å². The number of fused-ring (bicyclic) bond motifs is 18. The molecule has 6 unspecified atom stereocenters. The lowest BCUT2D eigenvalue weighted by atomic mass is 9.77. The van der Waals surface area contributed by atoms with Crippen molar-refractivity contribution in [2.24, 2.45) is 5.92 Å². The molecule has 0 aromatic heterocycles. The highest BCUT2D eigenvalue weighted by Crippen LogP contribution is 2.64. The highest BCUT2D eigenvalue weighted by Gasteiger charge is 2.71. The van der Waals surface area contributed by atoms with Crippen LogP contribution in [0.25, 0.3) is 0 Å². The van der Waals surface area contributed by atoms with Crippen LogP contribution in [0.1, 0.15) is 306 Å². The molecule has 0 aromatic carbocycles. The molecule has 0 N–H and O–H groups in total. The molecule has 25 heteroatoms. The van der Waals surface area contributed by atoms with Crippen LogP contribution in [0.3, 0.4) is 0 Å². The van der Waals surface area contributed by atoms with Crippen LogP contribution in [0.4, 0.5) is 0 Å². The van der Waals surface area contributed by atoms with E-state index in [1.807, 2.05) is 36.5 Å². The maximum Gasteiger partial charge on any atom is 0.331 e. The largest absolute Gasteiger partial charge is 0.450 e. The van der Waals surface area contributed by atoms with Crippen molar-refractivity contribution in [1.29, 1.82) is 0 Å². The molecule has 24 rings (SSSR count). The van der Waals surface area contributed by atoms with Crippen LogP contribution in [-0.2, 0) is 57.2 Å². The summed E-state index contributed by atoms with van der Waals surface area (Å²) in [5.74, 6) is 6.36. The van der Waals surface area contributed by atoms with Crippen molar-refractivity contribution < 1.29 is 57.2 Å². The minimum absolute atomic E-state index is 0.0820. The van der Waals surface area contributed by atoms with E-state index in [-0.39, 0.29) is 69.4 Å². The fraction of sp³-hybridized carbons (Fsp3) is 0.829. The first-order valence-electron chi connectivity index (χ1n) is 52.8. The lowest BCUT2D eigenvalue weighted by Crippen LogP contribution is -2.48. The van der Waals surface area contributed by atoms with Gasteiger partial charge in [-0.3, -0.25) is 29.4 Å². The number of ether oxygens (including phenoxy) is 6. The molecule has 18 aliphatic heterocycles. The molecule has 0 amide bonds. The SMILES string of the molecule is CC(C)CSC1CC2=CC(=O)O[C@@]23C[C@@H]1N1CCCC[C@@H]13.CC(C)SC1CC2=CC(=O)O[C@@]23C[C@@H]1N1CCCC[C@@H]13.CCCCCCCSC1CC2=CC(=O)O[C@@]23C[C@@H]1N1CCCC[C@@H]13.CCCCSC1CC2=CC(=O)O[C@@]23C[C@@H]1N1CCCC[C@@H]13.CCCSC1CC2=CC(=O)O[C@@]23C[C@@H]1N1CCCC[C@@H]13.CCN(CC)CCSC1CC2=CC(=O)O[C@@]23C[C@@H]1N1CCCC[C@@H]13. The Labute approximate surface area is 804 Å². The van der Waals surface area contributed by atoms with Crippen molar-refractivity contribution in [2.45, 2.75) is 449 Å². The molecule has 12 bridgehead atoms. The summed E-state index contributed by atoms with van der Waals surface area (Å²) in [6, 6.07) is 6.44. The van der Waals surface area contributed by atoms with E-state index in [2.05, 4.69) is 167 Å². The van der Waals surface area contributed by atoms with Gasteiger partial charge in [-0.15, -0.1) is 0 Å². The van der Waals surface area contributed by atoms with Gasteiger partial charge in [0.15, 0.2) is 33.6 Å². The van der Waals surface area contributed by atoms with E-state index in [4.69, 9.17) is 28.4 Å². The number of esters is 6. The molecule has 6 saturated carbocycles. The van der Waals surface area contributed by atoms with E-state index in [0.29, 0.717) is 109 Å². The summed E-state index contributed by atoms with van der Waals surface area (Å²) in [6.45, 7) is 31.0. The van der Waals surface area contributed by atoms with Gasteiger partial charge < -0.3 is 33.3 Å². The minimum atomic E-state index is -0.252. The second-order valence-corrected chi connectivity index (χ2v) is 52.1. The van der Waals surface area contributed by atoms with Crippen molar-refractivity contribution in [3.8, 4) is 0 Å². The van der Waals surface area contributed by atoms with Gasteiger partial charge in [-0.2, -0.15) is 70.6 Å². The maximum atomic E-state index is 12.0. The number of hydrogen-bond acceptors (Lipinski definition) is 25. The van der Waals surface area contributed by atoms with Gasteiger partial charge in [0.1, 0.15) is 0 Å². The fourth-order valence-electron chi connectivity index (χ4n) is 30.1. The maximum absolute atomic E-state index is 12.0. The van der Waals surface area contributed by atoms with Gasteiger partial charge in [0.2, 0.25) is 0 Å². The van der Waals surface area contributed by atoms with E-state index in [1.54, 1.807) is 0 Å². The lowest BCUT2D eigenvalue weighted by molar-refractivity contribution is -0.149. The van der Waals surface area contributed by atoms with Crippen LogP contribution in [0.5, 0.6) is 0 Å². The number of piperidine rings is 6. The zero-order chi connectivity index (χ0) is 90.0. The number of carbonyl (C=O) groups is 6. The predicted molar refractivity (Wildman–Crippen MR) is 530 cm³/mol. The summed E-state index contributed by atoms with van der Waals surface area (Å²) in [6.07, 6.45) is 56.9. The van der Waals surface area contributed by atoms with Gasteiger partial charge in [-0.1, -0.05) is 133 Å². The summed E-state index contributed by atoms with van der Waals surface area (Å²) in [5.41, 5.74) is 6.42. The molecule has 18 fully saturated rings. The Morgan fingerprint density at radius 2 is 0.577 bits per heavy atom. The average Bonchev–Trinajstić information content (AvgIpc) is 1.59. The van der Waals surface area contributed by atoms with Gasteiger partial charge in [0.05, 0.1) is 36.3 Å². The normalized spacial score (nSPS) is 40.7. The molecule has 130 heavy (non-hydrogen) atoms. The Morgan fingerprint density at radius 1 is 0.315 bits per heavy atom. The highest BCUT2D eigenvalue weighted by molar-refractivity contribution is 8.01. The van der Waals surface area contributed by atoms with Gasteiger partial charge >= 0.3 is 35.8 Å². The van der Waals surface area contributed by atoms with E-state index < -0.39 is 0 Å². The number of unbranched alkanes of at least 4 members (excludes halogenated alkanes) is 5. The molecule has 0 radical (unpaired) electrons. The number of carbonyl (C=O) groups excluding carboxylic acids is 6. The molecule has 720 valence electrons. The van der Waals surface area contributed by atoms with Gasteiger partial charge in [0.25, 0.3) is 0 Å². The number of nitrogens with zero attached hydrogens (tertiary/aromatic N) is 7. The van der Waals surface area contributed by atoms with E-state index in [1.165, 1.54) is 275 Å². The zero-order valence-electron chi connectivity index (χ0n) is 80.3. The molecule has 6 spiro atoms. The van der Waals surface area contributed by atoms with Crippen LogP contribution >= 0.6 is 70.6 Å². The Balaban J connectivity index is 0.000000101. The number of thioether (sulfide) groups is 6. The molecule has 12 saturated heterocycles. The lowest BCUT2D eigenvalue weighted by Gasteiger charge is -2.38. The van der Waals surface area contributed by atoms with Crippen LogP contribution in [-0.4, -0.2) is 301 Å². The summed E-state index contributed by atoms with van der Waals surface area (Å²) in [4.78, 5) is 90.3. The van der Waals surface area contributed by atoms with Crippen molar-refractivity contribution in [3.63, 3.8) is 0 Å². The third-order valence-corrected chi connectivity index (χ3v) is 44.5. The molecule has 19 nitrogen and oxygen atoms in total. The first-order chi connectivity index (χ1) is 63.1. The monoisotopic (exact) mass is 1900 g/mol. The van der Waals surface area contributed by atoms with Gasteiger partial charge in [-0.05, 0) is 255 Å². The molecule has 6 aliphatic carbocycles. The molecule has 24 aliphatic rings. The summed E-state index contributed by atoms with van der Waals surface area (Å²) >= 11 is 12.7. The van der Waals surface area contributed by atoms with E-state index >= 15 is 0 Å². The highest BCUT2D eigenvalue weighted by atomic mass is 32.2. The molecular weight excluding hydrogens is 1740 g/mol. The van der Waals surface area contributed by atoms with E-state index in [9.17, 15) is 28.8 Å². The molecule has 18 heterocycles. The Bertz CT molecular complexity index is 4330. The predicted octanol–water partition coefficient (Wildman–Crippen LogP) is 18.6. The van der Waals surface area contributed by atoms with Crippen LogP contribution in [0, 0.1) is 5.92 Å². The Hall–Kier alpha value is -2.92.